The van der Waals surface area contributed by atoms with Crippen LogP contribution in [0.25, 0.3) is 0 Å². The highest BCUT2D eigenvalue weighted by atomic mass is 32.2. The standard InChI is InChI=1S/C16H24N2O3S/c1-6-18(11-13(2)3)16(19)12-17(5)22(20,21)15-9-7-14(4)8-10-15/h7-10H,2,6,11-12H2,1,3-5H3. The van der Waals surface area contributed by atoms with Crippen LogP contribution in [0.15, 0.2) is 41.3 Å². The van der Waals surface area contributed by atoms with Gasteiger partial charge in [-0.2, -0.15) is 4.31 Å². The average Bonchev–Trinajstić information content (AvgIpc) is 2.44. The van der Waals surface area contributed by atoms with E-state index < -0.39 is 10.0 Å². The molecule has 0 atom stereocenters. The Hall–Kier alpha value is -1.66. The number of amides is 1. The van der Waals surface area contributed by atoms with E-state index in [1.807, 2.05) is 20.8 Å². The summed E-state index contributed by atoms with van der Waals surface area (Å²) < 4.78 is 26.0. The summed E-state index contributed by atoms with van der Waals surface area (Å²) in [6, 6.07) is 6.58. The first-order valence-electron chi connectivity index (χ1n) is 7.13. The number of carbonyl (C=O) groups is 1. The van der Waals surface area contributed by atoms with E-state index in [0.717, 1.165) is 15.4 Å². The number of hydrogen-bond donors (Lipinski definition) is 0. The lowest BCUT2D eigenvalue weighted by atomic mass is 10.2. The lowest BCUT2D eigenvalue weighted by Gasteiger charge is -2.24. The molecule has 5 nitrogen and oxygen atoms in total. The fourth-order valence-electron chi connectivity index (χ4n) is 1.97. The number of aryl methyl sites for hydroxylation is 1. The second-order valence-corrected chi connectivity index (χ2v) is 7.48. The molecule has 0 unspecified atom stereocenters. The molecule has 122 valence electrons. The van der Waals surface area contributed by atoms with E-state index in [1.54, 1.807) is 29.2 Å². The van der Waals surface area contributed by atoms with Gasteiger partial charge in [0.15, 0.2) is 0 Å². The highest BCUT2D eigenvalue weighted by molar-refractivity contribution is 7.89. The molecule has 0 saturated carbocycles. The second-order valence-electron chi connectivity index (χ2n) is 5.44. The molecule has 0 aliphatic carbocycles. The van der Waals surface area contributed by atoms with Gasteiger partial charge in [-0.3, -0.25) is 4.79 Å². The number of nitrogens with zero attached hydrogens (tertiary/aromatic N) is 2. The van der Waals surface area contributed by atoms with Crippen LogP contribution in [0.2, 0.25) is 0 Å². The van der Waals surface area contributed by atoms with Crippen LogP contribution in [0.5, 0.6) is 0 Å². The van der Waals surface area contributed by atoms with E-state index in [1.165, 1.54) is 7.05 Å². The minimum Gasteiger partial charge on any atom is -0.338 e. The molecule has 0 radical (unpaired) electrons. The van der Waals surface area contributed by atoms with E-state index in [-0.39, 0.29) is 17.3 Å². The van der Waals surface area contributed by atoms with E-state index in [2.05, 4.69) is 6.58 Å². The molecule has 6 heteroatoms. The van der Waals surface area contributed by atoms with Crippen molar-refractivity contribution in [2.24, 2.45) is 0 Å². The van der Waals surface area contributed by atoms with Crippen molar-refractivity contribution in [3.8, 4) is 0 Å². The Kier molecular flexibility index (Phi) is 6.32. The summed E-state index contributed by atoms with van der Waals surface area (Å²) >= 11 is 0. The molecule has 0 aliphatic rings. The normalized spacial score (nSPS) is 11.5. The average molecular weight is 324 g/mol. The maximum Gasteiger partial charge on any atom is 0.243 e. The molecule has 0 bridgehead atoms. The number of rotatable bonds is 7. The first-order valence-corrected chi connectivity index (χ1v) is 8.57. The largest absolute Gasteiger partial charge is 0.338 e. The minimum atomic E-state index is -3.66. The number of carbonyl (C=O) groups excluding carboxylic acids is 1. The molecule has 0 aliphatic heterocycles. The summed E-state index contributed by atoms with van der Waals surface area (Å²) in [6.45, 7) is 10.1. The fraction of sp³-hybridized carbons (Fsp3) is 0.438. The summed E-state index contributed by atoms with van der Waals surface area (Å²) in [4.78, 5) is 14.0. The van der Waals surface area contributed by atoms with Crippen molar-refractivity contribution in [3.05, 3.63) is 42.0 Å². The van der Waals surface area contributed by atoms with Crippen LogP contribution in [0.4, 0.5) is 0 Å². The van der Waals surface area contributed by atoms with Gasteiger partial charge >= 0.3 is 0 Å². The summed E-state index contributed by atoms with van der Waals surface area (Å²) in [5, 5.41) is 0. The second kappa shape index (κ2) is 7.56. The van der Waals surface area contributed by atoms with Crippen molar-refractivity contribution in [2.75, 3.05) is 26.7 Å². The molecule has 1 aromatic carbocycles. The van der Waals surface area contributed by atoms with Gasteiger partial charge in [0.05, 0.1) is 11.4 Å². The number of hydrogen-bond acceptors (Lipinski definition) is 3. The van der Waals surface area contributed by atoms with Gasteiger partial charge in [-0.05, 0) is 32.9 Å². The van der Waals surface area contributed by atoms with Crippen molar-refractivity contribution < 1.29 is 13.2 Å². The highest BCUT2D eigenvalue weighted by Crippen LogP contribution is 2.15. The lowest BCUT2D eigenvalue weighted by molar-refractivity contribution is -0.130. The first-order chi connectivity index (χ1) is 10.2. The zero-order chi connectivity index (χ0) is 16.9. The zero-order valence-electron chi connectivity index (χ0n) is 13.7. The van der Waals surface area contributed by atoms with Crippen LogP contribution < -0.4 is 0 Å². The van der Waals surface area contributed by atoms with Gasteiger partial charge < -0.3 is 4.90 Å². The quantitative estimate of drug-likeness (QED) is 0.721. The van der Waals surface area contributed by atoms with Crippen LogP contribution >= 0.6 is 0 Å². The van der Waals surface area contributed by atoms with E-state index in [9.17, 15) is 13.2 Å². The molecular formula is C16H24N2O3S. The molecule has 1 aromatic rings. The van der Waals surface area contributed by atoms with Crippen molar-refractivity contribution >= 4 is 15.9 Å². The van der Waals surface area contributed by atoms with Gasteiger partial charge in [0, 0.05) is 20.1 Å². The monoisotopic (exact) mass is 324 g/mol. The third-order valence-corrected chi connectivity index (χ3v) is 5.10. The van der Waals surface area contributed by atoms with E-state index >= 15 is 0 Å². The zero-order valence-corrected chi connectivity index (χ0v) is 14.5. The van der Waals surface area contributed by atoms with Gasteiger partial charge in [0.1, 0.15) is 0 Å². The van der Waals surface area contributed by atoms with Crippen LogP contribution in [0.3, 0.4) is 0 Å². The van der Waals surface area contributed by atoms with Crippen molar-refractivity contribution in [1.29, 1.82) is 0 Å². The smallest absolute Gasteiger partial charge is 0.243 e. The highest BCUT2D eigenvalue weighted by Gasteiger charge is 2.24. The third kappa shape index (κ3) is 4.68. The van der Waals surface area contributed by atoms with Crippen molar-refractivity contribution in [3.63, 3.8) is 0 Å². The van der Waals surface area contributed by atoms with Gasteiger partial charge in [-0.25, -0.2) is 8.42 Å². The maximum atomic E-state index is 12.4. The minimum absolute atomic E-state index is 0.183. The van der Waals surface area contributed by atoms with Gasteiger partial charge in [0.25, 0.3) is 0 Å². The SMILES string of the molecule is C=C(C)CN(CC)C(=O)CN(C)S(=O)(=O)c1ccc(C)cc1. The van der Waals surface area contributed by atoms with E-state index in [0.29, 0.717) is 13.1 Å². The number of likely N-dealkylation sites (N-methyl/N-ethyl adjacent to an activating group) is 2. The molecule has 0 heterocycles. The summed E-state index contributed by atoms with van der Waals surface area (Å²) in [7, 11) is -2.24. The van der Waals surface area contributed by atoms with Crippen molar-refractivity contribution in [1.82, 2.24) is 9.21 Å². The third-order valence-electron chi connectivity index (χ3n) is 3.28. The predicted molar refractivity (Wildman–Crippen MR) is 88.1 cm³/mol. The molecular weight excluding hydrogens is 300 g/mol. The Labute approximate surface area is 133 Å². The molecule has 0 saturated heterocycles. The predicted octanol–water partition coefficient (Wildman–Crippen LogP) is 2.04. The number of benzene rings is 1. The molecule has 0 N–H and O–H groups in total. The molecule has 0 fully saturated rings. The Morgan fingerprint density at radius 1 is 1.18 bits per heavy atom. The van der Waals surface area contributed by atoms with Gasteiger partial charge in [-0.1, -0.05) is 29.8 Å². The lowest BCUT2D eigenvalue weighted by Crippen LogP contribution is -2.41. The van der Waals surface area contributed by atoms with Crippen LogP contribution in [0.1, 0.15) is 19.4 Å². The maximum absolute atomic E-state index is 12.4. The Morgan fingerprint density at radius 3 is 2.18 bits per heavy atom. The van der Waals surface area contributed by atoms with Crippen LogP contribution in [-0.4, -0.2) is 50.2 Å². The molecule has 0 spiro atoms. The molecule has 0 aromatic heterocycles. The van der Waals surface area contributed by atoms with Gasteiger partial charge in [0.2, 0.25) is 15.9 Å². The Bertz CT molecular complexity index is 636. The molecule has 1 rings (SSSR count). The van der Waals surface area contributed by atoms with Gasteiger partial charge in [-0.15, -0.1) is 0 Å². The van der Waals surface area contributed by atoms with Crippen LogP contribution in [0, 0.1) is 6.92 Å². The molecule has 22 heavy (non-hydrogen) atoms. The Balaban J connectivity index is 2.86. The summed E-state index contributed by atoms with van der Waals surface area (Å²) in [6.07, 6.45) is 0. The molecule has 1 amide bonds. The van der Waals surface area contributed by atoms with E-state index in [4.69, 9.17) is 0 Å². The topological polar surface area (TPSA) is 57.7 Å². The first kappa shape index (κ1) is 18.4. The van der Waals surface area contributed by atoms with Crippen LogP contribution in [-0.2, 0) is 14.8 Å². The van der Waals surface area contributed by atoms with Crippen molar-refractivity contribution in [2.45, 2.75) is 25.7 Å². The number of sulfonamides is 1. The fourth-order valence-corrected chi connectivity index (χ4v) is 3.09. The Morgan fingerprint density at radius 2 is 1.73 bits per heavy atom. The summed E-state index contributed by atoms with van der Waals surface area (Å²) in [5.41, 5.74) is 1.84. The summed E-state index contributed by atoms with van der Waals surface area (Å²) in [5.74, 6) is -0.233.